The van der Waals surface area contributed by atoms with Gasteiger partial charge in [0.25, 0.3) is 0 Å². The highest BCUT2D eigenvalue weighted by molar-refractivity contribution is 5.86. The van der Waals surface area contributed by atoms with E-state index in [1.807, 2.05) is 0 Å². The van der Waals surface area contributed by atoms with Crippen molar-refractivity contribution >= 4 is 11.9 Å². The van der Waals surface area contributed by atoms with Gasteiger partial charge >= 0.3 is 5.97 Å². The molecule has 0 saturated carbocycles. The van der Waals surface area contributed by atoms with E-state index in [1.165, 1.54) is 13.8 Å². The van der Waals surface area contributed by atoms with Gasteiger partial charge in [0.05, 0.1) is 12.7 Å². The summed E-state index contributed by atoms with van der Waals surface area (Å²) in [7, 11) is 0. The van der Waals surface area contributed by atoms with E-state index in [4.69, 9.17) is 14.6 Å². The van der Waals surface area contributed by atoms with Crippen LogP contribution in [0.1, 0.15) is 26.7 Å². The second kappa shape index (κ2) is 5.97. The van der Waals surface area contributed by atoms with Crippen molar-refractivity contribution in [3.8, 4) is 0 Å². The number of aliphatic carboxylic acids is 1. The molecule has 1 atom stereocenters. The Bertz CT molecular complexity index is 284. The van der Waals surface area contributed by atoms with Gasteiger partial charge in [0.15, 0.2) is 0 Å². The molecule has 0 radical (unpaired) electrons. The fourth-order valence-corrected chi connectivity index (χ4v) is 1.50. The van der Waals surface area contributed by atoms with Crippen LogP contribution >= 0.6 is 0 Å². The van der Waals surface area contributed by atoms with E-state index in [-0.39, 0.29) is 12.7 Å². The Kier molecular flexibility index (Phi) is 4.89. The molecular formula is C11H19NO5. The second-order valence-electron chi connectivity index (χ2n) is 4.63. The normalized spacial score (nSPS) is 20.2. The number of amides is 1. The van der Waals surface area contributed by atoms with E-state index in [0.29, 0.717) is 6.61 Å². The molecule has 0 aromatic rings. The SMILES string of the molecule is CC(C)(NC(=O)COC[C@H]1CCCO1)C(=O)O. The molecule has 6 nitrogen and oxygen atoms in total. The zero-order chi connectivity index (χ0) is 12.9. The fraction of sp³-hybridized carbons (Fsp3) is 0.818. The lowest BCUT2D eigenvalue weighted by Crippen LogP contribution is -2.50. The van der Waals surface area contributed by atoms with E-state index in [9.17, 15) is 9.59 Å². The Morgan fingerprint density at radius 3 is 2.76 bits per heavy atom. The van der Waals surface area contributed by atoms with Crippen molar-refractivity contribution in [3.63, 3.8) is 0 Å². The number of carbonyl (C=O) groups is 2. The summed E-state index contributed by atoms with van der Waals surface area (Å²) in [6.45, 7) is 3.82. The monoisotopic (exact) mass is 245 g/mol. The highest BCUT2D eigenvalue weighted by Gasteiger charge is 2.28. The average Bonchev–Trinajstić information content (AvgIpc) is 2.69. The third-order valence-corrected chi connectivity index (χ3v) is 2.55. The van der Waals surface area contributed by atoms with Crippen LogP contribution < -0.4 is 5.32 Å². The number of hydrogen-bond acceptors (Lipinski definition) is 4. The van der Waals surface area contributed by atoms with Gasteiger partial charge in [0.1, 0.15) is 12.1 Å². The third kappa shape index (κ3) is 4.70. The van der Waals surface area contributed by atoms with Crippen LogP contribution in [0.25, 0.3) is 0 Å². The van der Waals surface area contributed by atoms with Gasteiger partial charge < -0.3 is 19.9 Å². The molecule has 98 valence electrons. The van der Waals surface area contributed by atoms with Crippen molar-refractivity contribution in [2.24, 2.45) is 0 Å². The van der Waals surface area contributed by atoms with Crippen LogP contribution in [0.2, 0.25) is 0 Å². The average molecular weight is 245 g/mol. The van der Waals surface area contributed by atoms with Crippen molar-refractivity contribution in [3.05, 3.63) is 0 Å². The lowest BCUT2D eigenvalue weighted by Gasteiger charge is -2.21. The summed E-state index contributed by atoms with van der Waals surface area (Å²) < 4.78 is 10.5. The van der Waals surface area contributed by atoms with Crippen molar-refractivity contribution in [1.82, 2.24) is 5.32 Å². The standard InChI is InChI=1S/C11H19NO5/c1-11(2,10(14)15)12-9(13)7-16-6-8-4-3-5-17-8/h8H,3-7H2,1-2H3,(H,12,13)(H,14,15)/t8-/m1/s1. The smallest absolute Gasteiger partial charge is 0.328 e. The number of rotatable bonds is 6. The fourth-order valence-electron chi connectivity index (χ4n) is 1.50. The first kappa shape index (κ1) is 13.9. The molecular weight excluding hydrogens is 226 g/mol. The summed E-state index contributed by atoms with van der Waals surface area (Å²) in [6, 6.07) is 0. The summed E-state index contributed by atoms with van der Waals surface area (Å²) in [5.41, 5.74) is -1.27. The zero-order valence-corrected chi connectivity index (χ0v) is 10.2. The molecule has 0 bridgehead atoms. The van der Waals surface area contributed by atoms with Crippen molar-refractivity contribution < 1.29 is 24.2 Å². The molecule has 1 fully saturated rings. The molecule has 0 aromatic heterocycles. The van der Waals surface area contributed by atoms with Crippen LogP contribution in [0.5, 0.6) is 0 Å². The summed E-state index contributed by atoms with van der Waals surface area (Å²) in [6.07, 6.45) is 2.03. The third-order valence-electron chi connectivity index (χ3n) is 2.55. The maximum atomic E-state index is 11.4. The Morgan fingerprint density at radius 2 is 2.24 bits per heavy atom. The largest absolute Gasteiger partial charge is 0.480 e. The predicted molar refractivity (Wildman–Crippen MR) is 59.7 cm³/mol. The van der Waals surface area contributed by atoms with Crippen LogP contribution in [-0.2, 0) is 19.1 Å². The van der Waals surface area contributed by atoms with E-state index in [0.717, 1.165) is 19.4 Å². The van der Waals surface area contributed by atoms with Gasteiger partial charge in [-0.2, -0.15) is 0 Å². The number of ether oxygens (including phenoxy) is 2. The highest BCUT2D eigenvalue weighted by atomic mass is 16.5. The predicted octanol–water partition coefficient (Wildman–Crippen LogP) is 0.161. The molecule has 1 heterocycles. The van der Waals surface area contributed by atoms with Gasteiger partial charge in [-0.15, -0.1) is 0 Å². The molecule has 17 heavy (non-hydrogen) atoms. The number of nitrogens with one attached hydrogen (secondary N) is 1. The lowest BCUT2D eigenvalue weighted by molar-refractivity contribution is -0.147. The molecule has 1 aliphatic heterocycles. The first-order chi connectivity index (χ1) is 7.92. The maximum absolute atomic E-state index is 11.4. The van der Waals surface area contributed by atoms with Gasteiger partial charge in [-0.3, -0.25) is 4.79 Å². The summed E-state index contributed by atoms with van der Waals surface area (Å²) >= 11 is 0. The van der Waals surface area contributed by atoms with E-state index >= 15 is 0 Å². The molecule has 1 saturated heterocycles. The van der Waals surface area contributed by atoms with Gasteiger partial charge in [-0.1, -0.05) is 0 Å². The maximum Gasteiger partial charge on any atom is 0.328 e. The molecule has 0 aliphatic carbocycles. The lowest BCUT2D eigenvalue weighted by atomic mass is 10.1. The van der Waals surface area contributed by atoms with Crippen LogP contribution in [-0.4, -0.2) is 48.4 Å². The van der Waals surface area contributed by atoms with Crippen molar-refractivity contribution in [2.45, 2.75) is 38.3 Å². The van der Waals surface area contributed by atoms with Gasteiger partial charge in [0, 0.05) is 6.61 Å². The number of carboxylic acid groups (broad SMARTS) is 1. The molecule has 0 spiro atoms. The topological polar surface area (TPSA) is 84.9 Å². The van der Waals surface area contributed by atoms with Crippen LogP contribution in [0.3, 0.4) is 0 Å². The van der Waals surface area contributed by atoms with Crippen molar-refractivity contribution in [1.29, 1.82) is 0 Å². The first-order valence-electron chi connectivity index (χ1n) is 5.65. The minimum atomic E-state index is -1.27. The molecule has 1 amide bonds. The molecule has 0 unspecified atom stereocenters. The van der Waals surface area contributed by atoms with Crippen LogP contribution in [0.15, 0.2) is 0 Å². The molecule has 1 rings (SSSR count). The minimum Gasteiger partial charge on any atom is -0.480 e. The Labute approximate surface area is 100 Å². The summed E-state index contributed by atoms with van der Waals surface area (Å²) in [5, 5.41) is 11.2. The quantitative estimate of drug-likeness (QED) is 0.696. The number of carboxylic acids is 1. The van der Waals surface area contributed by atoms with Crippen LogP contribution in [0, 0.1) is 0 Å². The molecule has 1 aliphatic rings. The molecule has 6 heteroatoms. The van der Waals surface area contributed by atoms with E-state index in [1.54, 1.807) is 0 Å². The van der Waals surface area contributed by atoms with Gasteiger partial charge in [0.2, 0.25) is 5.91 Å². The summed E-state index contributed by atoms with van der Waals surface area (Å²) in [4.78, 5) is 22.2. The Morgan fingerprint density at radius 1 is 1.53 bits per heavy atom. The number of hydrogen-bond donors (Lipinski definition) is 2. The Hall–Kier alpha value is -1.14. The van der Waals surface area contributed by atoms with E-state index in [2.05, 4.69) is 5.32 Å². The van der Waals surface area contributed by atoms with Gasteiger partial charge in [-0.25, -0.2) is 4.79 Å². The second-order valence-corrected chi connectivity index (χ2v) is 4.63. The van der Waals surface area contributed by atoms with Crippen molar-refractivity contribution in [2.75, 3.05) is 19.8 Å². The van der Waals surface area contributed by atoms with Crippen LogP contribution in [0.4, 0.5) is 0 Å². The highest BCUT2D eigenvalue weighted by Crippen LogP contribution is 2.11. The summed E-state index contributed by atoms with van der Waals surface area (Å²) in [5.74, 6) is -1.51. The Balaban J connectivity index is 2.18. The number of carbonyl (C=O) groups excluding carboxylic acids is 1. The molecule has 2 N–H and O–H groups in total. The minimum absolute atomic E-state index is 0.0651. The van der Waals surface area contributed by atoms with Gasteiger partial charge in [-0.05, 0) is 26.7 Å². The zero-order valence-electron chi connectivity index (χ0n) is 10.2. The molecule has 0 aromatic carbocycles. The first-order valence-corrected chi connectivity index (χ1v) is 5.65. The van der Waals surface area contributed by atoms with E-state index < -0.39 is 17.4 Å².